The fraction of sp³-hybridized carbons (Fsp3) is 0.450. The largest absolute Gasteiger partial charge is 0.366 e. The van der Waals surface area contributed by atoms with Crippen molar-refractivity contribution < 1.29 is 4.79 Å². The monoisotopic (exact) mass is 366 g/mol. The summed E-state index contributed by atoms with van der Waals surface area (Å²) in [5.74, 6) is 1.44. The van der Waals surface area contributed by atoms with Crippen LogP contribution < -0.4 is 20.9 Å². The molecular weight excluding hydrogens is 340 g/mol. The zero-order valence-electron chi connectivity index (χ0n) is 15.7. The van der Waals surface area contributed by atoms with E-state index in [1.165, 1.54) is 11.1 Å². The predicted molar refractivity (Wildman–Crippen MR) is 106 cm³/mol. The van der Waals surface area contributed by atoms with Gasteiger partial charge in [-0.1, -0.05) is 6.07 Å². The van der Waals surface area contributed by atoms with Crippen molar-refractivity contribution in [1.82, 2.24) is 15.5 Å². The minimum absolute atomic E-state index is 0.375. The number of nitrogens with one attached hydrogen (secondary N) is 1. The van der Waals surface area contributed by atoms with Crippen molar-refractivity contribution >= 4 is 17.5 Å². The van der Waals surface area contributed by atoms with E-state index in [1.54, 1.807) is 6.07 Å². The lowest BCUT2D eigenvalue weighted by Gasteiger charge is -2.33. The van der Waals surface area contributed by atoms with Gasteiger partial charge in [0.05, 0.1) is 0 Å². The fourth-order valence-corrected chi connectivity index (χ4v) is 3.96. The molecule has 1 amide bonds. The molecule has 7 nitrogen and oxygen atoms in total. The molecule has 4 rings (SSSR count). The topological polar surface area (TPSA) is 87.4 Å². The molecule has 142 valence electrons. The van der Waals surface area contributed by atoms with Gasteiger partial charge < -0.3 is 20.9 Å². The molecule has 2 aliphatic rings. The Morgan fingerprint density at radius 2 is 2.00 bits per heavy atom. The number of rotatable bonds is 4. The first-order chi connectivity index (χ1) is 13.1. The van der Waals surface area contributed by atoms with Crippen molar-refractivity contribution in [2.75, 3.05) is 36.5 Å². The standard InChI is InChI=1S/C20H26N6O/c1-25(17-6-9-22-10-7-17)18-4-5-19(24-23-18)26-11-8-14-12-15(20(21)27)2-3-16(14)13-26/h2-5,12,17,22H,6-11,13H2,1H3,(H2,21,27). The lowest BCUT2D eigenvalue weighted by atomic mass is 9.97. The molecule has 0 spiro atoms. The van der Waals surface area contributed by atoms with Crippen molar-refractivity contribution in [3.63, 3.8) is 0 Å². The van der Waals surface area contributed by atoms with Crippen molar-refractivity contribution in [2.45, 2.75) is 31.8 Å². The number of amides is 1. The number of primary amides is 1. The molecule has 0 aliphatic carbocycles. The number of nitrogens with zero attached hydrogens (tertiary/aromatic N) is 4. The highest BCUT2D eigenvalue weighted by Crippen LogP contribution is 2.25. The third kappa shape index (κ3) is 3.73. The van der Waals surface area contributed by atoms with Gasteiger partial charge in [-0.05, 0) is 67.7 Å². The van der Waals surface area contributed by atoms with E-state index in [4.69, 9.17) is 5.73 Å². The normalized spacial score (nSPS) is 17.4. The van der Waals surface area contributed by atoms with Gasteiger partial charge in [-0.15, -0.1) is 10.2 Å². The minimum Gasteiger partial charge on any atom is -0.366 e. The predicted octanol–water partition coefficient (Wildman–Crippen LogP) is 1.33. The van der Waals surface area contributed by atoms with Gasteiger partial charge in [-0.25, -0.2) is 0 Å². The van der Waals surface area contributed by atoms with Crippen molar-refractivity contribution in [2.24, 2.45) is 5.73 Å². The number of hydrogen-bond donors (Lipinski definition) is 2. The highest BCUT2D eigenvalue weighted by Gasteiger charge is 2.21. The van der Waals surface area contributed by atoms with Gasteiger partial charge in [0.25, 0.3) is 0 Å². The van der Waals surface area contributed by atoms with Crippen LogP contribution in [0.15, 0.2) is 30.3 Å². The van der Waals surface area contributed by atoms with Crippen molar-refractivity contribution in [3.8, 4) is 0 Å². The van der Waals surface area contributed by atoms with E-state index in [0.717, 1.165) is 57.1 Å². The number of nitrogens with two attached hydrogens (primary N) is 1. The summed E-state index contributed by atoms with van der Waals surface area (Å²) in [5, 5.41) is 12.4. The molecule has 1 saturated heterocycles. The van der Waals surface area contributed by atoms with E-state index in [0.29, 0.717) is 11.6 Å². The van der Waals surface area contributed by atoms with E-state index in [1.807, 2.05) is 12.1 Å². The average Bonchev–Trinajstić information content (AvgIpc) is 2.73. The molecule has 1 fully saturated rings. The molecule has 3 N–H and O–H groups in total. The highest BCUT2D eigenvalue weighted by molar-refractivity contribution is 5.93. The van der Waals surface area contributed by atoms with Gasteiger partial charge in [0.2, 0.25) is 5.91 Å². The second kappa shape index (κ2) is 7.52. The quantitative estimate of drug-likeness (QED) is 0.849. The summed E-state index contributed by atoms with van der Waals surface area (Å²) >= 11 is 0. The lowest BCUT2D eigenvalue weighted by Crippen LogP contribution is -2.41. The molecule has 0 radical (unpaired) electrons. The van der Waals surface area contributed by atoms with Crippen LogP contribution in [0.4, 0.5) is 11.6 Å². The number of aromatic nitrogens is 2. The summed E-state index contributed by atoms with van der Waals surface area (Å²) in [7, 11) is 2.10. The summed E-state index contributed by atoms with van der Waals surface area (Å²) in [5.41, 5.74) is 8.36. The van der Waals surface area contributed by atoms with Crippen LogP contribution in [-0.2, 0) is 13.0 Å². The Hall–Kier alpha value is -2.67. The highest BCUT2D eigenvalue weighted by atomic mass is 16.1. The number of benzene rings is 1. The number of carbonyl (C=O) groups excluding carboxylic acids is 1. The summed E-state index contributed by atoms with van der Waals surface area (Å²) in [6.07, 6.45) is 3.14. The second-order valence-electron chi connectivity index (χ2n) is 7.36. The van der Waals surface area contributed by atoms with E-state index >= 15 is 0 Å². The number of hydrogen-bond acceptors (Lipinski definition) is 6. The third-order valence-corrected chi connectivity index (χ3v) is 5.68. The third-order valence-electron chi connectivity index (χ3n) is 5.68. The van der Waals surface area contributed by atoms with Crippen molar-refractivity contribution in [1.29, 1.82) is 0 Å². The van der Waals surface area contributed by atoms with Crippen LogP contribution >= 0.6 is 0 Å². The number of fused-ring (bicyclic) bond motifs is 1. The zero-order chi connectivity index (χ0) is 18.8. The molecule has 0 atom stereocenters. The molecule has 27 heavy (non-hydrogen) atoms. The first kappa shape index (κ1) is 17.7. The van der Waals surface area contributed by atoms with Crippen LogP contribution in [0.3, 0.4) is 0 Å². The Bertz CT molecular complexity index is 816. The van der Waals surface area contributed by atoms with Gasteiger partial charge in [0, 0.05) is 31.7 Å². The smallest absolute Gasteiger partial charge is 0.248 e. The van der Waals surface area contributed by atoms with Crippen LogP contribution in [0.2, 0.25) is 0 Å². The maximum Gasteiger partial charge on any atom is 0.248 e. The Morgan fingerprint density at radius 1 is 1.19 bits per heavy atom. The van der Waals surface area contributed by atoms with Crippen LogP contribution in [0.5, 0.6) is 0 Å². The van der Waals surface area contributed by atoms with Crippen molar-refractivity contribution in [3.05, 3.63) is 47.0 Å². The summed E-state index contributed by atoms with van der Waals surface area (Å²) < 4.78 is 0. The van der Waals surface area contributed by atoms with Crippen LogP contribution in [-0.4, -0.2) is 48.8 Å². The SMILES string of the molecule is CN(c1ccc(N2CCc3cc(C(N)=O)ccc3C2)nn1)C1CCNCC1. The number of anilines is 2. The van der Waals surface area contributed by atoms with E-state index in [2.05, 4.69) is 44.5 Å². The molecule has 7 heteroatoms. The summed E-state index contributed by atoms with van der Waals surface area (Å²) in [6, 6.07) is 10.4. The average molecular weight is 366 g/mol. The molecule has 0 bridgehead atoms. The van der Waals surface area contributed by atoms with Gasteiger partial charge in [-0.2, -0.15) is 0 Å². The van der Waals surface area contributed by atoms with E-state index < -0.39 is 0 Å². The minimum atomic E-state index is -0.375. The van der Waals surface area contributed by atoms with E-state index in [-0.39, 0.29) is 5.91 Å². The fourth-order valence-electron chi connectivity index (χ4n) is 3.96. The zero-order valence-corrected chi connectivity index (χ0v) is 15.7. The maximum atomic E-state index is 11.4. The Labute approximate surface area is 159 Å². The van der Waals surface area contributed by atoms with E-state index in [9.17, 15) is 4.79 Å². The van der Waals surface area contributed by atoms with Gasteiger partial charge >= 0.3 is 0 Å². The molecule has 1 aromatic heterocycles. The first-order valence-electron chi connectivity index (χ1n) is 9.55. The molecule has 3 heterocycles. The number of carbonyl (C=O) groups is 1. The van der Waals surface area contributed by atoms with Crippen LogP contribution in [0, 0.1) is 0 Å². The molecular formula is C20H26N6O. The van der Waals surface area contributed by atoms with Crippen LogP contribution in [0.1, 0.15) is 34.3 Å². The van der Waals surface area contributed by atoms with Gasteiger partial charge in [0.15, 0.2) is 11.6 Å². The summed E-state index contributed by atoms with van der Waals surface area (Å²) in [6.45, 7) is 3.75. The molecule has 0 unspecified atom stereocenters. The first-order valence-corrected chi connectivity index (χ1v) is 9.55. The molecule has 2 aliphatic heterocycles. The number of piperidine rings is 1. The second-order valence-corrected chi connectivity index (χ2v) is 7.36. The van der Waals surface area contributed by atoms with Gasteiger partial charge in [0.1, 0.15) is 0 Å². The van der Waals surface area contributed by atoms with Gasteiger partial charge in [-0.3, -0.25) is 4.79 Å². The maximum absolute atomic E-state index is 11.4. The Balaban J connectivity index is 1.46. The molecule has 2 aromatic rings. The lowest BCUT2D eigenvalue weighted by molar-refractivity contribution is 0.1000. The molecule has 1 aromatic carbocycles. The molecule has 0 saturated carbocycles. The Kier molecular flexibility index (Phi) is 4.94. The van der Waals surface area contributed by atoms with Crippen LogP contribution in [0.25, 0.3) is 0 Å². The summed E-state index contributed by atoms with van der Waals surface area (Å²) in [4.78, 5) is 15.8. The Morgan fingerprint density at radius 3 is 2.70 bits per heavy atom.